The Labute approximate surface area is 110 Å². The topological polar surface area (TPSA) is 61.0 Å². The van der Waals surface area contributed by atoms with Crippen LogP contribution in [0.3, 0.4) is 0 Å². The summed E-state index contributed by atoms with van der Waals surface area (Å²) in [5.41, 5.74) is 8.16. The predicted molar refractivity (Wildman–Crippen MR) is 75.2 cm³/mol. The van der Waals surface area contributed by atoms with Crippen LogP contribution in [0, 0.1) is 6.92 Å². The van der Waals surface area contributed by atoms with Crippen LogP contribution >= 0.6 is 0 Å². The fourth-order valence-electron chi connectivity index (χ4n) is 1.96. The van der Waals surface area contributed by atoms with Gasteiger partial charge in [-0.25, -0.2) is 0 Å². The third kappa shape index (κ3) is 2.08. The molecular weight excluding hydrogens is 238 g/mol. The van der Waals surface area contributed by atoms with Crippen LogP contribution in [0.5, 0.6) is 11.5 Å². The molecule has 2 N–H and O–H groups in total. The zero-order valence-corrected chi connectivity index (χ0v) is 10.5. The first-order chi connectivity index (χ1) is 9.25. The number of aromatic nitrogens is 2. The Morgan fingerprint density at radius 2 is 1.84 bits per heavy atom. The molecule has 0 aliphatic rings. The van der Waals surface area contributed by atoms with Crippen LogP contribution in [0.15, 0.2) is 48.8 Å². The fraction of sp³-hybridized carbons (Fsp3) is 0.0667. The molecule has 94 valence electrons. The highest BCUT2D eigenvalue weighted by Crippen LogP contribution is 2.31. The van der Waals surface area contributed by atoms with Gasteiger partial charge in [0, 0.05) is 17.8 Å². The van der Waals surface area contributed by atoms with Gasteiger partial charge in [-0.05, 0) is 37.3 Å². The lowest BCUT2D eigenvalue weighted by molar-refractivity contribution is 0.481. The van der Waals surface area contributed by atoms with E-state index < -0.39 is 0 Å². The molecule has 0 amide bonds. The first kappa shape index (κ1) is 11.5. The summed E-state index contributed by atoms with van der Waals surface area (Å²) in [4.78, 5) is 8.49. The summed E-state index contributed by atoms with van der Waals surface area (Å²) in [7, 11) is 0. The number of hydrogen-bond donors (Lipinski definition) is 1. The maximum absolute atomic E-state index is 5.92. The van der Waals surface area contributed by atoms with Gasteiger partial charge in [-0.1, -0.05) is 6.07 Å². The number of pyridine rings is 2. The summed E-state index contributed by atoms with van der Waals surface area (Å²) < 4.78 is 5.92. The van der Waals surface area contributed by atoms with Crippen LogP contribution in [0.1, 0.15) is 5.69 Å². The molecule has 0 saturated heterocycles. The molecular formula is C15H13N3O. The number of aryl methyl sites for hydroxylation is 1. The lowest BCUT2D eigenvalue weighted by Crippen LogP contribution is -1.93. The van der Waals surface area contributed by atoms with E-state index in [0.29, 0.717) is 5.69 Å². The minimum absolute atomic E-state index is 0.644. The molecule has 1 aromatic carbocycles. The number of ether oxygens (including phenoxy) is 1. The summed E-state index contributed by atoms with van der Waals surface area (Å²) in [6, 6.07) is 11.2. The van der Waals surface area contributed by atoms with E-state index in [0.717, 1.165) is 28.1 Å². The molecule has 19 heavy (non-hydrogen) atoms. The number of nitrogens with zero attached hydrogens (tertiary/aromatic N) is 2. The van der Waals surface area contributed by atoms with Crippen LogP contribution in [-0.2, 0) is 0 Å². The summed E-state index contributed by atoms with van der Waals surface area (Å²) in [5.74, 6) is 1.46. The Kier molecular flexibility index (Phi) is 2.76. The van der Waals surface area contributed by atoms with Crippen molar-refractivity contribution in [1.82, 2.24) is 9.97 Å². The minimum atomic E-state index is 0.644. The highest BCUT2D eigenvalue weighted by atomic mass is 16.5. The quantitative estimate of drug-likeness (QED) is 0.710. The standard InChI is InChI=1S/C15H13N3O/c1-10-13(6-3-8-17-10)19-14-7-9-18-15-11(14)4-2-5-12(15)16/h2-9H,16H2,1H3. The van der Waals surface area contributed by atoms with Gasteiger partial charge in [0.1, 0.15) is 11.5 Å². The van der Waals surface area contributed by atoms with Gasteiger partial charge in [0.15, 0.2) is 0 Å². The Morgan fingerprint density at radius 3 is 2.68 bits per heavy atom. The van der Waals surface area contributed by atoms with Crippen LogP contribution in [-0.4, -0.2) is 9.97 Å². The van der Waals surface area contributed by atoms with E-state index in [9.17, 15) is 0 Å². The molecule has 0 aliphatic heterocycles. The maximum atomic E-state index is 5.92. The summed E-state index contributed by atoms with van der Waals surface area (Å²) in [6.45, 7) is 1.91. The van der Waals surface area contributed by atoms with Gasteiger partial charge in [0.25, 0.3) is 0 Å². The Bertz CT molecular complexity index is 740. The highest BCUT2D eigenvalue weighted by molar-refractivity contribution is 5.93. The van der Waals surface area contributed by atoms with E-state index in [1.807, 2.05) is 43.3 Å². The largest absolute Gasteiger partial charge is 0.455 e. The van der Waals surface area contributed by atoms with Crippen molar-refractivity contribution in [3.05, 3.63) is 54.5 Å². The number of fused-ring (bicyclic) bond motifs is 1. The molecule has 0 saturated carbocycles. The van der Waals surface area contributed by atoms with E-state index in [1.165, 1.54) is 0 Å². The number of benzene rings is 1. The summed E-state index contributed by atoms with van der Waals surface area (Å²) in [6.07, 6.45) is 3.44. The zero-order valence-electron chi connectivity index (χ0n) is 10.5. The Balaban J connectivity index is 2.12. The molecule has 4 nitrogen and oxygen atoms in total. The molecule has 0 spiro atoms. The van der Waals surface area contributed by atoms with Crippen molar-refractivity contribution in [1.29, 1.82) is 0 Å². The predicted octanol–water partition coefficient (Wildman–Crippen LogP) is 3.31. The lowest BCUT2D eigenvalue weighted by Gasteiger charge is -2.10. The summed E-state index contributed by atoms with van der Waals surface area (Å²) >= 11 is 0. The molecule has 2 aromatic heterocycles. The normalized spacial score (nSPS) is 10.6. The van der Waals surface area contributed by atoms with Gasteiger partial charge in [0.2, 0.25) is 0 Å². The van der Waals surface area contributed by atoms with Crippen LogP contribution < -0.4 is 10.5 Å². The maximum Gasteiger partial charge on any atom is 0.148 e. The van der Waals surface area contributed by atoms with Crippen molar-refractivity contribution in [3.8, 4) is 11.5 Å². The lowest BCUT2D eigenvalue weighted by atomic mass is 10.2. The molecule has 0 unspecified atom stereocenters. The molecule has 2 heterocycles. The SMILES string of the molecule is Cc1ncccc1Oc1ccnc2c(N)cccc12. The fourth-order valence-corrected chi connectivity index (χ4v) is 1.96. The van der Waals surface area contributed by atoms with Crippen molar-refractivity contribution in [3.63, 3.8) is 0 Å². The Hall–Kier alpha value is -2.62. The number of anilines is 1. The number of hydrogen-bond acceptors (Lipinski definition) is 4. The molecule has 3 rings (SSSR count). The first-order valence-corrected chi connectivity index (χ1v) is 5.98. The van der Waals surface area contributed by atoms with Gasteiger partial charge in [-0.3, -0.25) is 9.97 Å². The van der Waals surface area contributed by atoms with Gasteiger partial charge < -0.3 is 10.5 Å². The van der Waals surface area contributed by atoms with E-state index in [2.05, 4.69) is 9.97 Å². The Morgan fingerprint density at radius 1 is 0.947 bits per heavy atom. The first-order valence-electron chi connectivity index (χ1n) is 5.98. The van der Waals surface area contributed by atoms with Crippen LogP contribution in [0.4, 0.5) is 5.69 Å². The third-order valence-corrected chi connectivity index (χ3v) is 2.94. The molecule has 0 aliphatic carbocycles. The molecule has 3 aromatic rings. The smallest absolute Gasteiger partial charge is 0.148 e. The average Bonchev–Trinajstić information content (AvgIpc) is 2.42. The monoisotopic (exact) mass is 251 g/mol. The van der Waals surface area contributed by atoms with E-state index in [1.54, 1.807) is 12.4 Å². The summed E-state index contributed by atoms with van der Waals surface area (Å²) in [5, 5.41) is 0.894. The third-order valence-electron chi connectivity index (χ3n) is 2.94. The second kappa shape index (κ2) is 4.57. The van der Waals surface area contributed by atoms with Crippen molar-refractivity contribution < 1.29 is 4.74 Å². The second-order valence-corrected chi connectivity index (χ2v) is 4.24. The molecule has 0 atom stereocenters. The highest BCUT2D eigenvalue weighted by Gasteiger charge is 2.07. The zero-order chi connectivity index (χ0) is 13.2. The van der Waals surface area contributed by atoms with E-state index in [-0.39, 0.29) is 0 Å². The van der Waals surface area contributed by atoms with Crippen molar-refractivity contribution in [2.24, 2.45) is 0 Å². The van der Waals surface area contributed by atoms with Crippen molar-refractivity contribution in [2.45, 2.75) is 6.92 Å². The molecule has 0 radical (unpaired) electrons. The van der Waals surface area contributed by atoms with Gasteiger partial charge >= 0.3 is 0 Å². The molecule has 0 fully saturated rings. The molecule has 0 bridgehead atoms. The van der Waals surface area contributed by atoms with Crippen LogP contribution in [0.25, 0.3) is 10.9 Å². The second-order valence-electron chi connectivity index (χ2n) is 4.24. The number of nitrogen functional groups attached to an aromatic ring is 1. The van der Waals surface area contributed by atoms with Gasteiger partial charge in [-0.15, -0.1) is 0 Å². The minimum Gasteiger partial charge on any atom is -0.455 e. The van der Waals surface area contributed by atoms with Crippen LogP contribution in [0.2, 0.25) is 0 Å². The van der Waals surface area contributed by atoms with E-state index in [4.69, 9.17) is 10.5 Å². The van der Waals surface area contributed by atoms with Crippen molar-refractivity contribution in [2.75, 3.05) is 5.73 Å². The number of nitrogens with two attached hydrogens (primary N) is 1. The van der Waals surface area contributed by atoms with Gasteiger partial charge in [0.05, 0.1) is 16.9 Å². The van der Waals surface area contributed by atoms with Crippen molar-refractivity contribution >= 4 is 16.6 Å². The number of rotatable bonds is 2. The average molecular weight is 251 g/mol. The molecule has 4 heteroatoms. The van der Waals surface area contributed by atoms with E-state index >= 15 is 0 Å². The number of para-hydroxylation sites is 1. The van der Waals surface area contributed by atoms with Gasteiger partial charge in [-0.2, -0.15) is 0 Å².